The number of carbonyl (C=O) groups excluding carboxylic acids is 1. The van der Waals surface area contributed by atoms with Crippen LogP contribution in [0.5, 0.6) is 0 Å². The number of cyclic esters (lactones) is 1. The summed E-state index contributed by atoms with van der Waals surface area (Å²) in [6, 6.07) is 20.0. The number of rotatable bonds is 10. The Balaban J connectivity index is 1.72. The molecule has 4 heteroatoms. The van der Waals surface area contributed by atoms with Crippen LogP contribution < -0.4 is 0 Å². The fourth-order valence-corrected chi connectivity index (χ4v) is 4.75. The SMILES string of the molecule is CCCCCCC1(c2ccccc2)CC(O)=C(SCCc2ccccc2)C(=O)O1. The highest BCUT2D eigenvalue weighted by Gasteiger charge is 2.43. The maximum absolute atomic E-state index is 12.9. The van der Waals surface area contributed by atoms with E-state index < -0.39 is 11.6 Å². The maximum atomic E-state index is 12.9. The molecule has 3 nitrogen and oxygen atoms in total. The van der Waals surface area contributed by atoms with Crippen LogP contribution in [-0.2, 0) is 21.6 Å². The van der Waals surface area contributed by atoms with Gasteiger partial charge in [0.25, 0.3) is 0 Å². The topological polar surface area (TPSA) is 46.5 Å². The molecule has 0 aliphatic carbocycles. The third-order valence-electron chi connectivity index (χ3n) is 5.40. The summed E-state index contributed by atoms with van der Waals surface area (Å²) in [7, 11) is 0. The van der Waals surface area contributed by atoms with Gasteiger partial charge in [0.1, 0.15) is 16.3 Å². The average Bonchev–Trinajstić information content (AvgIpc) is 2.75. The summed E-state index contributed by atoms with van der Waals surface area (Å²) < 4.78 is 6.05. The van der Waals surface area contributed by atoms with Crippen molar-refractivity contribution in [2.24, 2.45) is 0 Å². The van der Waals surface area contributed by atoms with Crippen LogP contribution in [0.15, 0.2) is 71.3 Å². The van der Waals surface area contributed by atoms with E-state index >= 15 is 0 Å². The van der Waals surface area contributed by atoms with E-state index in [9.17, 15) is 9.90 Å². The lowest BCUT2D eigenvalue weighted by atomic mass is 9.83. The molecule has 1 N–H and O–H groups in total. The fourth-order valence-electron chi connectivity index (χ4n) is 3.81. The zero-order chi connectivity index (χ0) is 20.5. The monoisotopic (exact) mass is 410 g/mol. The minimum Gasteiger partial charge on any atom is -0.511 e. The Kier molecular flexibility index (Phi) is 7.82. The van der Waals surface area contributed by atoms with Crippen LogP contribution in [0.2, 0.25) is 0 Å². The lowest BCUT2D eigenvalue weighted by Crippen LogP contribution is -2.37. The smallest absolute Gasteiger partial charge is 0.348 e. The van der Waals surface area contributed by atoms with Crippen molar-refractivity contribution in [3.63, 3.8) is 0 Å². The van der Waals surface area contributed by atoms with Gasteiger partial charge in [0.05, 0.1) is 6.42 Å². The molecule has 154 valence electrons. The van der Waals surface area contributed by atoms with E-state index in [0.29, 0.717) is 11.3 Å². The van der Waals surface area contributed by atoms with E-state index in [4.69, 9.17) is 4.74 Å². The summed E-state index contributed by atoms with van der Waals surface area (Å²) in [5, 5.41) is 10.8. The van der Waals surface area contributed by atoms with Crippen molar-refractivity contribution >= 4 is 17.7 Å². The molecule has 0 radical (unpaired) electrons. The van der Waals surface area contributed by atoms with E-state index in [1.54, 1.807) is 0 Å². The summed E-state index contributed by atoms with van der Waals surface area (Å²) in [6.07, 6.45) is 6.33. The van der Waals surface area contributed by atoms with Crippen LogP contribution in [0.1, 0.15) is 56.6 Å². The van der Waals surface area contributed by atoms with E-state index in [2.05, 4.69) is 19.1 Å². The molecule has 1 aliphatic rings. The van der Waals surface area contributed by atoms with Crippen LogP contribution in [0.3, 0.4) is 0 Å². The molecule has 29 heavy (non-hydrogen) atoms. The predicted octanol–water partition coefficient (Wildman–Crippen LogP) is 6.54. The molecule has 0 saturated heterocycles. The summed E-state index contributed by atoms with van der Waals surface area (Å²) in [4.78, 5) is 13.2. The van der Waals surface area contributed by atoms with Crippen molar-refractivity contribution in [1.82, 2.24) is 0 Å². The molecule has 1 atom stereocenters. The van der Waals surface area contributed by atoms with Gasteiger partial charge in [-0.05, 0) is 30.4 Å². The van der Waals surface area contributed by atoms with Gasteiger partial charge >= 0.3 is 5.97 Å². The van der Waals surface area contributed by atoms with Gasteiger partial charge in [-0.3, -0.25) is 0 Å². The highest BCUT2D eigenvalue weighted by Crippen LogP contribution is 2.43. The normalized spacial score (nSPS) is 19.3. The van der Waals surface area contributed by atoms with Crippen LogP contribution in [-0.4, -0.2) is 16.8 Å². The number of aryl methyl sites for hydroxylation is 1. The van der Waals surface area contributed by atoms with E-state index in [0.717, 1.165) is 43.4 Å². The highest BCUT2D eigenvalue weighted by atomic mass is 32.2. The van der Waals surface area contributed by atoms with Crippen LogP contribution in [0.4, 0.5) is 0 Å². The molecule has 1 heterocycles. The van der Waals surface area contributed by atoms with E-state index in [1.807, 2.05) is 48.5 Å². The number of esters is 1. The van der Waals surface area contributed by atoms with Gasteiger partial charge in [0.2, 0.25) is 0 Å². The fraction of sp³-hybridized carbons (Fsp3) is 0.400. The van der Waals surface area contributed by atoms with Gasteiger partial charge in [0, 0.05) is 5.75 Å². The number of carbonyl (C=O) groups is 1. The Hall–Kier alpha value is -2.20. The number of thioether (sulfide) groups is 1. The predicted molar refractivity (Wildman–Crippen MR) is 120 cm³/mol. The molecule has 3 rings (SSSR count). The van der Waals surface area contributed by atoms with Gasteiger partial charge in [-0.2, -0.15) is 0 Å². The first kappa shape index (κ1) is 21.5. The van der Waals surface area contributed by atoms with E-state index in [-0.39, 0.29) is 5.76 Å². The van der Waals surface area contributed by atoms with Gasteiger partial charge in [-0.15, -0.1) is 11.8 Å². The third-order valence-corrected chi connectivity index (χ3v) is 6.50. The second-order valence-corrected chi connectivity index (χ2v) is 8.70. The van der Waals surface area contributed by atoms with Crippen molar-refractivity contribution in [2.75, 3.05) is 5.75 Å². The quantitative estimate of drug-likeness (QED) is 0.357. The molecule has 2 aromatic rings. The number of aliphatic hydroxyl groups excluding tert-OH is 1. The molecule has 1 unspecified atom stereocenters. The second-order valence-electron chi connectivity index (χ2n) is 7.60. The summed E-state index contributed by atoms with van der Waals surface area (Å²) in [5.74, 6) is 0.498. The number of unbranched alkanes of at least 4 members (excludes halogenated alkanes) is 3. The van der Waals surface area contributed by atoms with Gasteiger partial charge in [-0.1, -0.05) is 86.8 Å². The lowest BCUT2D eigenvalue weighted by Gasteiger charge is -2.37. The molecule has 0 amide bonds. The van der Waals surface area contributed by atoms with Crippen molar-refractivity contribution in [1.29, 1.82) is 0 Å². The van der Waals surface area contributed by atoms with Crippen molar-refractivity contribution in [3.8, 4) is 0 Å². The first-order valence-corrected chi connectivity index (χ1v) is 11.5. The number of aliphatic hydroxyl groups is 1. The van der Waals surface area contributed by atoms with Gasteiger partial charge < -0.3 is 9.84 Å². The molecular formula is C25H30O3S. The minimum absolute atomic E-state index is 0.165. The zero-order valence-corrected chi connectivity index (χ0v) is 17.9. The van der Waals surface area contributed by atoms with Crippen LogP contribution in [0.25, 0.3) is 0 Å². The molecule has 0 bridgehead atoms. The average molecular weight is 411 g/mol. The first-order chi connectivity index (χ1) is 14.1. The number of ether oxygens (including phenoxy) is 1. The highest BCUT2D eigenvalue weighted by molar-refractivity contribution is 8.04. The molecule has 1 aliphatic heterocycles. The van der Waals surface area contributed by atoms with Crippen molar-refractivity contribution in [3.05, 3.63) is 82.5 Å². The number of hydrogen-bond donors (Lipinski definition) is 1. The van der Waals surface area contributed by atoms with Gasteiger partial charge in [0.15, 0.2) is 0 Å². The Morgan fingerprint density at radius 3 is 2.34 bits per heavy atom. The summed E-state index contributed by atoms with van der Waals surface area (Å²) >= 11 is 1.39. The molecular weight excluding hydrogens is 380 g/mol. The minimum atomic E-state index is -0.764. The van der Waals surface area contributed by atoms with E-state index in [1.165, 1.54) is 23.7 Å². The number of hydrogen-bond acceptors (Lipinski definition) is 4. The summed E-state index contributed by atoms with van der Waals surface area (Å²) in [6.45, 7) is 2.18. The zero-order valence-electron chi connectivity index (χ0n) is 17.1. The Morgan fingerprint density at radius 2 is 1.69 bits per heavy atom. The van der Waals surface area contributed by atoms with Gasteiger partial charge in [-0.25, -0.2) is 4.79 Å². The Labute approximate surface area is 178 Å². The van der Waals surface area contributed by atoms with Crippen molar-refractivity contribution in [2.45, 2.75) is 57.5 Å². The number of benzene rings is 2. The Morgan fingerprint density at radius 1 is 1.00 bits per heavy atom. The first-order valence-electron chi connectivity index (χ1n) is 10.5. The standard InChI is InChI=1S/C25H30O3S/c1-2-3-4-11-17-25(21-14-9-6-10-15-21)19-22(26)23(24(27)28-25)29-18-16-20-12-7-5-8-13-20/h5-10,12-15,26H,2-4,11,16-19H2,1H3. The maximum Gasteiger partial charge on any atom is 0.348 e. The largest absolute Gasteiger partial charge is 0.511 e. The molecule has 0 fully saturated rings. The second kappa shape index (κ2) is 10.5. The Bertz CT molecular complexity index is 816. The van der Waals surface area contributed by atoms with Crippen LogP contribution in [0, 0.1) is 0 Å². The molecule has 0 spiro atoms. The molecule has 0 saturated carbocycles. The molecule has 2 aromatic carbocycles. The third kappa shape index (κ3) is 5.66. The lowest BCUT2D eigenvalue weighted by molar-refractivity contribution is -0.160. The molecule has 0 aromatic heterocycles. The van der Waals surface area contributed by atoms with Crippen molar-refractivity contribution < 1.29 is 14.6 Å². The summed E-state index contributed by atoms with van der Waals surface area (Å²) in [5.41, 5.74) is 1.42. The van der Waals surface area contributed by atoms with Crippen LogP contribution >= 0.6 is 11.8 Å².